The summed E-state index contributed by atoms with van der Waals surface area (Å²) in [5.41, 5.74) is 0.767. The van der Waals surface area contributed by atoms with Crippen LogP contribution < -0.4 is 4.74 Å². The molecule has 1 unspecified atom stereocenters. The third kappa shape index (κ3) is 2.85. The number of rotatable bonds is 5. The lowest BCUT2D eigenvalue weighted by molar-refractivity contribution is 0.0439. The van der Waals surface area contributed by atoms with Gasteiger partial charge in [0.2, 0.25) is 0 Å². The summed E-state index contributed by atoms with van der Waals surface area (Å²) in [7, 11) is 1.60. The fraction of sp³-hybridized carbons (Fsp3) is 0.438. The quantitative estimate of drug-likeness (QED) is 0.912. The monoisotopic (exact) mass is 274 g/mol. The first-order valence-electron chi connectivity index (χ1n) is 6.84. The van der Waals surface area contributed by atoms with Gasteiger partial charge in [-0.05, 0) is 26.3 Å². The average Bonchev–Trinajstić information content (AvgIpc) is 2.84. The summed E-state index contributed by atoms with van der Waals surface area (Å²) in [5.74, 6) is 0.625. The Bertz CT molecular complexity index is 559. The molecule has 0 spiro atoms. The average molecular weight is 274 g/mol. The Morgan fingerprint density at radius 1 is 1.30 bits per heavy atom. The maximum Gasteiger partial charge on any atom is 0.162 e. The molecule has 0 bridgehead atoms. The van der Waals surface area contributed by atoms with Crippen LogP contribution in [0.5, 0.6) is 5.75 Å². The largest absolute Gasteiger partial charge is 0.493 e. The molecule has 0 amide bonds. The molecule has 20 heavy (non-hydrogen) atoms. The van der Waals surface area contributed by atoms with Gasteiger partial charge in [-0.1, -0.05) is 30.3 Å². The molecule has 1 heterocycles. The van der Waals surface area contributed by atoms with Gasteiger partial charge < -0.3 is 9.84 Å². The molecule has 1 aromatic carbocycles. The predicted molar refractivity (Wildman–Crippen MR) is 78.9 cm³/mol. The number of nitrogens with zero attached hydrogens (tertiary/aromatic N) is 2. The van der Waals surface area contributed by atoms with E-state index in [1.165, 1.54) is 0 Å². The van der Waals surface area contributed by atoms with E-state index in [1.54, 1.807) is 20.2 Å². The van der Waals surface area contributed by atoms with E-state index < -0.39 is 5.60 Å². The molecule has 4 nitrogen and oxygen atoms in total. The molecule has 1 atom stereocenters. The number of ether oxygens (including phenoxy) is 1. The summed E-state index contributed by atoms with van der Waals surface area (Å²) in [4.78, 5) is 0. The topological polar surface area (TPSA) is 47.3 Å². The molecule has 0 aliphatic rings. The summed E-state index contributed by atoms with van der Waals surface area (Å²) in [6, 6.07) is 10.1. The van der Waals surface area contributed by atoms with Crippen LogP contribution in [0.3, 0.4) is 0 Å². The van der Waals surface area contributed by atoms with Crippen LogP contribution >= 0.6 is 0 Å². The first kappa shape index (κ1) is 14.6. The molecular formula is C16H22N2O2. The van der Waals surface area contributed by atoms with Crippen molar-refractivity contribution in [3.05, 3.63) is 47.8 Å². The van der Waals surface area contributed by atoms with E-state index in [2.05, 4.69) is 5.10 Å². The molecule has 0 saturated heterocycles. The number of methoxy groups -OCH3 is 1. The summed E-state index contributed by atoms with van der Waals surface area (Å²) in [5, 5.41) is 15.3. The van der Waals surface area contributed by atoms with Gasteiger partial charge in [0.25, 0.3) is 0 Å². The van der Waals surface area contributed by atoms with Gasteiger partial charge in [0.05, 0.1) is 13.3 Å². The smallest absolute Gasteiger partial charge is 0.162 e. The Morgan fingerprint density at radius 2 is 1.95 bits per heavy atom. The Hall–Kier alpha value is -1.81. The van der Waals surface area contributed by atoms with Crippen molar-refractivity contribution >= 4 is 0 Å². The summed E-state index contributed by atoms with van der Waals surface area (Å²) >= 11 is 0. The molecule has 0 fully saturated rings. The number of hydrogen-bond donors (Lipinski definition) is 1. The van der Waals surface area contributed by atoms with E-state index in [4.69, 9.17) is 4.74 Å². The van der Waals surface area contributed by atoms with Crippen molar-refractivity contribution < 1.29 is 9.84 Å². The molecule has 2 aromatic rings. The van der Waals surface area contributed by atoms with Crippen LogP contribution in [0, 0.1) is 0 Å². The lowest BCUT2D eigenvalue weighted by Gasteiger charge is -2.27. The minimum atomic E-state index is -1.03. The van der Waals surface area contributed by atoms with Gasteiger partial charge in [-0.15, -0.1) is 0 Å². The van der Waals surface area contributed by atoms with Crippen LogP contribution in [-0.4, -0.2) is 22.0 Å². The zero-order valence-corrected chi connectivity index (χ0v) is 12.5. The fourth-order valence-electron chi connectivity index (χ4n) is 2.48. The van der Waals surface area contributed by atoms with Crippen molar-refractivity contribution in [2.24, 2.45) is 0 Å². The van der Waals surface area contributed by atoms with E-state index in [0.29, 0.717) is 12.2 Å². The second-order valence-corrected chi connectivity index (χ2v) is 5.54. The lowest BCUT2D eigenvalue weighted by Crippen LogP contribution is -2.29. The van der Waals surface area contributed by atoms with Crippen LogP contribution in [0.25, 0.3) is 0 Å². The van der Waals surface area contributed by atoms with Crippen molar-refractivity contribution in [1.29, 1.82) is 0 Å². The van der Waals surface area contributed by atoms with Gasteiger partial charge in [0.1, 0.15) is 11.3 Å². The zero-order valence-electron chi connectivity index (χ0n) is 12.5. The molecule has 1 aromatic heterocycles. The van der Waals surface area contributed by atoms with E-state index in [9.17, 15) is 5.11 Å². The molecule has 0 saturated carbocycles. The van der Waals surface area contributed by atoms with Gasteiger partial charge in [-0.3, -0.25) is 4.68 Å². The van der Waals surface area contributed by atoms with Crippen molar-refractivity contribution in [2.75, 3.05) is 7.11 Å². The SMILES string of the molecule is COc1cnn(C(C)C)c1C(C)(O)Cc1ccccc1. The molecule has 1 N–H and O–H groups in total. The van der Waals surface area contributed by atoms with E-state index in [0.717, 1.165) is 11.3 Å². The minimum Gasteiger partial charge on any atom is -0.493 e. The maximum absolute atomic E-state index is 10.9. The van der Waals surface area contributed by atoms with Crippen LogP contribution in [0.2, 0.25) is 0 Å². The first-order chi connectivity index (χ1) is 9.45. The van der Waals surface area contributed by atoms with Crippen LogP contribution in [0.1, 0.15) is 38.1 Å². The highest BCUT2D eigenvalue weighted by Crippen LogP contribution is 2.34. The van der Waals surface area contributed by atoms with E-state index >= 15 is 0 Å². The molecule has 0 aliphatic carbocycles. The van der Waals surface area contributed by atoms with Crippen LogP contribution in [0.15, 0.2) is 36.5 Å². The molecule has 0 radical (unpaired) electrons. The summed E-state index contributed by atoms with van der Waals surface area (Å²) in [6.45, 7) is 5.88. The second kappa shape index (κ2) is 5.67. The number of hydrogen-bond acceptors (Lipinski definition) is 3. The Labute approximate surface area is 120 Å². The highest BCUT2D eigenvalue weighted by atomic mass is 16.5. The van der Waals surface area contributed by atoms with Gasteiger partial charge in [-0.2, -0.15) is 5.10 Å². The second-order valence-electron chi connectivity index (χ2n) is 5.54. The van der Waals surface area contributed by atoms with Crippen LogP contribution in [-0.2, 0) is 12.0 Å². The molecule has 0 aliphatic heterocycles. The maximum atomic E-state index is 10.9. The highest BCUT2D eigenvalue weighted by Gasteiger charge is 2.32. The third-order valence-electron chi connectivity index (χ3n) is 3.37. The number of benzene rings is 1. The number of aliphatic hydroxyl groups is 1. The van der Waals surface area contributed by atoms with Crippen molar-refractivity contribution in [2.45, 2.75) is 38.8 Å². The Balaban J connectivity index is 2.40. The molecular weight excluding hydrogens is 252 g/mol. The van der Waals surface area contributed by atoms with Crippen LogP contribution in [0.4, 0.5) is 0 Å². The van der Waals surface area contributed by atoms with Gasteiger partial charge in [-0.25, -0.2) is 0 Å². The molecule has 108 valence electrons. The van der Waals surface area contributed by atoms with Crippen molar-refractivity contribution in [3.8, 4) is 5.75 Å². The van der Waals surface area contributed by atoms with E-state index in [1.807, 2.05) is 48.9 Å². The zero-order chi connectivity index (χ0) is 14.8. The van der Waals surface area contributed by atoms with Crippen molar-refractivity contribution in [3.63, 3.8) is 0 Å². The molecule has 4 heteroatoms. The highest BCUT2D eigenvalue weighted by molar-refractivity contribution is 5.33. The number of aromatic nitrogens is 2. The lowest BCUT2D eigenvalue weighted by atomic mass is 9.92. The predicted octanol–water partition coefficient (Wildman–Crippen LogP) is 2.92. The third-order valence-corrected chi connectivity index (χ3v) is 3.37. The van der Waals surface area contributed by atoms with Gasteiger partial charge in [0.15, 0.2) is 5.75 Å². The summed E-state index contributed by atoms with van der Waals surface area (Å²) in [6.07, 6.45) is 2.18. The minimum absolute atomic E-state index is 0.163. The fourth-order valence-corrected chi connectivity index (χ4v) is 2.48. The van der Waals surface area contributed by atoms with Gasteiger partial charge >= 0.3 is 0 Å². The standard InChI is InChI=1S/C16H22N2O2/c1-12(2)18-15(14(20-4)11-17-18)16(3,19)10-13-8-6-5-7-9-13/h5-9,11-12,19H,10H2,1-4H3. The van der Waals surface area contributed by atoms with E-state index in [-0.39, 0.29) is 6.04 Å². The Kier molecular flexibility index (Phi) is 4.14. The summed E-state index contributed by atoms with van der Waals surface area (Å²) < 4.78 is 7.18. The van der Waals surface area contributed by atoms with Gasteiger partial charge in [0, 0.05) is 12.5 Å². The molecule has 2 rings (SSSR count). The first-order valence-corrected chi connectivity index (χ1v) is 6.84. The normalized spacial score (nSPS) is 14.3. The Morgan fingerprint density at radius 3 is 2.50 bits per heavy atom. The van der Waals surface area contributed by atoms with Crippen molar-refractivity contribution in [1.82, 2.24) is 9.78 Å².